The number of carbonyl (C=O) groups excluding carboxylic acids is 1. The molecule has 0 radical (unpaired) electrons. The number of rotatable bonds is 2. The summed E-state index contributed by atoms with van der Waals surface area (Å²) < 4.78 is 5.89. The Morgan fingerprint density at radius 2 is 1.95 bits per heavy atom. The summed E-state index contributed by atoms with van der Waals surface area (Å²) in [7, 11) is 1.59. The summed E-state index contributed by atoms with van der Waals surface area (Å²) >= 11 is 11.3. The Morgan fingerprint density at radius 3 is 2.68 bits per heavy atom. The third-order valence-corrected chi connectivity index (χ3v) is 4.26. The Bertz CT molecular complexity index is 836. The lowest BCUT2D eigenvalue weighted by Gasteiger charge is -2.15. The van der Waals surface area contributed by atoms with Crippen LogP contribution >= 0.6 is 35.6 Å². The maximum atomic E-state index is 12.1. The molecule has 0 aliphatic rings. The molecule has 8 heteroatoms. The van der Waals surface area contributed by atoms with Crippen LogP contribution in [0.2, 0.25) is 5.02 Å². The van der Waals surface area contributed by atoms with Crippen LogP contribution in [-0.2, 0) is 0 Å². The summed E-state index contributed by atoms with van der Waals surface area (Å²) in [5.41, 5.74) is 0.748. The van der Waals surface area contributed by atoms with Gasteiger partial charge < -0.3 is 4.74 Å². The highest BCUT2D eigenvalue weighted by atomic mass is 35.5. The predicted molar refractivity (Wildman–Crippen MR) is 90.5 cm³/mol. The fourth-order valence-electron chi connectivity index (χ4n) is 1.75. The van der Waals surface area contributed by atoms with E-state index in [9.17, 15) is 4.79 Å². The van der Waals surface area contributed by atoms with Gasteiger partial charge in [0.2, 0.25) is 0 Å². The third-order valence-electron chi connectivity index (χ3n) is 2.87. The van der Waals surface area contributed by atoms with Crippen LogP contribution in [0.4, 0.5) is 10.6 Å². The van der Waals surface area contributed by atoms with E-state index in [-0.39, 0.29) is 0 Å². The monoisotopic (exact) mass is 351 g/mol. The zero-order valence-corrected chi connectivity index (χ0v) is 13.8. The average Bonchev–Trinajstić information content (AvgIpc) is 2.87. The second-order valence-electron chi connectivity index (χ2n) is 4.37. The first-order chi connectivity index (χ1) is 10.5. The average molecular weight is 352 g/mol. The van der Waals surface area contributed by atoms with Crippen molar-refractivity contribution in [1.29, 1.82) is 0 Å². The molecule has 0 unspecified atom stereocenters. The van der Waals surface area contributed by atoms with Crippen LogP contribution in [0.5, 0.6) is 5.75 Å². The van der Waals surface area contributed by atoms with Crippen molar-refractivity contribution in [1.82, 2.24) is 9.97 Å². The molecule has 0 spiro atoms. The Balaban J connectivity index is 1.80. The number of thiazole rings is 1. The summed E-state index contributed by atoms with van der Waals surface area (Å²) in [5, 5.41) is 0.577. The van der Waals surface area contributed by atoms with E-state index in [4.69, 9.17) is 16.3 Å². The number of benzene rings is 1. The van der Waals surface area contributed by atoms with Crippen LogP contribution in [-0.4, -0.2) is 23.1 Å². The van der Waals surface area contributed by atoms with Crippen LogP contribution < -0.4 is 9.64 Å². The molecule has 0 bridgehead atoms. The van der Waals surface area contributed by atoms with Gasteiger partial charge in [-0.2, -0.15) is 0 Å². The van der Waals surface area contributed by atoms with E-state index in [0.29, 0.717) is 25.8 Å². The molecular formula is C14H10ClN3O2S2. The number of thiol groups is 1. The van der Waals surface area contributed by atoms with Gasteiger partial charge in [0.1, 0.15) is 26.3 Å². The van der Waals surface area contributed by atoms with Gasteiger partial charge in [0.05, 0.1) is 0 Å². The third kappa shape index (κ3) is 3.16. The van der Waals surface area contributed by atoms with E-state index in [1.165, 1.54) is 16.2 Å². The van der Waals surface area contributed by atoms with Crippen LogP contribution in [0.25, 0.3) is 10.3 Å². The van der Waals surface area contributed by atoms with Crippen LogP contribution in [0.3, 0.4) is 0 Å². The zero-order chi connectivity index (χ0) is 15.7. The van der Waals surface area contributed by atoms with Crippen molar-refractivity contribution in [2.45, 2.75) is 4.34 Å². The zero-order valence-electron chi connectivity index (χ0n) is 11.4. The summed E-state index contributed by atoms with van der Waals surface area (Å²) in [6, 6.07) is 10.1. The number of fused-ring (bicyclic) bond motifs is 1. The van der Waals surface area contributed by atoms with E-state index in [0.717, 1.165) is 5.52 Å². The first-order valence-electron chi connectivity index (χ1n) is 6.20. The summed E-state index contributed by atoms with van der Waals surface area (Å²) in [6.45, 7) is 0. The molecule has 5 nitrogen and oxygen atoms in total. The minimum atomic E-state index is -0.537. The van der Waals surface area contributed by atoms with Crippen LogP contribution in [0.15, 0.2) is 40.7 Å². The molecule has 3 rings (SSSR count). The van der Waals surface area contributed by atoms with E-state index in [1.807, 2.05) is 0 Å². The number of aromatic nitrogens is 2. The molecule has 2 aromatic heterocycles. The molecule has 0 fully saturated rings. The molecule has 22 heavy (non-hydrogen) atoms. The lowest BCUT2D eigenvalue weighted by Crippen LogP contribution is -2.30. The number of amides is 1. The van der Waals surface area contributed by atoms with Crippen molar-refractivity contribution in [2.24, 2.45) is 0 Å². The van der Waals surface area contributed by atoms with Gasteiger partial charge in [-0.3, -0.25) is 4.90 Å². The van der Waals surface area contributed by atoms with Crippen molar-refractivity contribution < 1.29 is 9.53 Å². The standard InChI is InChI=1S/C14H10ClN3O2S2/c1-18(14(19)20-9-4-2-8(15)3-5-9)11-7-6-10-12(17-11)22-13(21)16-10/h2-7H,1H3,(H,16,21). The minimum Gasteiger partial charge on any atom is -0.410 e. The molecule has 0 saturated carbocycles. The van der Waals surface area contributed by atoms with Gasteiger partial charge in [0.15, 0.2) is 0 Å². The number of pyridine rings is 1. The minimum absolute atomic E-state index is 0.415. The molecule has 3 aromatic rings. The number of ether oxygens (including phenoxy) is 1. The van der Waals surface area contributed by atoms with Gasteiger partial charge in [-0.25, -0.2) is 14.8 Å². The highest BCUT2D eigenvalue weighted by Gasteiger charge is 2.16. The first kappa shape index (κ1) is 15.1. The predicted octanol–water partition coefficient (Wildman–Crippen LogP) is 4.27. The second-order valence-corrected chi connectivity index (χ2v) is 6.51. The molecule has 112 valence electrons. The molecule has 1 amide bonds. The van der Waals surface area contributed by atoms with Crippen molar-refractivity contribution in [2.75, 3.05) is 11.9 Å². The molecule has 0 N–H and O–H groups in total. The summed E-state index contributed by atoms with van der Waals surface area (Å²) in [5.74, 6) is 0.890. The second kappa shape index (κ2) is 6.12. The Morgan fingerprint density at radius 1 is 1.23 bits per heavy atom. The van der Waals surface area contributed by atoms with Crippen molar-refractivity contribution in [3.63, 3.8) is 0 Å². The molecule has 0 aliphatic heterocycles. The molecule has 0 aliphatic carbocycles. The van der Waals surface area contributed by atoms with Crippen molar-refractivity contribution >= 4 is 57.8 Å². The fourth-order valence-corrected chi connectivity index (χ4v) is 2.92. The summed E-state index contributed by atoms with van der Waals surface area (Å²) in [6.07, 6.45) is -0.537. The SMILES string of the molecule is CN(C(=O)Oc1ccc(Cl)cc1)c1ccc2nc(S)sc2n1. The lowest BCUT2D eigenvalue weighted by molar-refractivity contribution is 0.209. The molecule has 0 saturated heterocycles. The number of anilines is 1. The number of hydrogen-bond donors (Lipinski definition) is 1. The van der Waals surface area contributed by atoms with Gasteiger partial charge in [-0.15, -0.1) is 12.6 Å². The molecule has 2 heterocycles. The topological polar surface area (TPSA) is 55.3 Å². The van der Waals surface area contributed by atoms with Crippen LogP contribution in [0, 0.1) is 0 Å². The maximum Gasteiger partial charge on any atom is 0.420 e. The van der Waals surface area contributed by atoms with Gasteiger partial charge in [0.25, 0.3) is 0 Å². The van der Waals surface area contributed by atoms with Gasteiger partial charge in [-0.05, 0) is 36.4 Å². The van der Waals surface area contributed by atoms with E-state index in [2.05, 4.69) is 22.6 Å². The van der Waals surface area contributed by atoms with Gasteiger partial charge in [0, 0.05) is 12.1 Å². The van der Waals surface area contributed by atoms with Gasteiger partial charge in [-0.1, -0.05) is 22.9 Å². The van der Waals surface area contributed by atoms with E-state index >= 15 is 0 Å². The van der Waals surface area contributed by atoms with Gasteiger partial charge >= 0.3 is 6.09 Å². The highest BCUT2D eigenvalue weighted by molar-refractivity contribution is 7.82. The summed E-state index contributed by atoms with van der Waals surface area (Å²) in [4.78, 5) is 22.8. The van der Waals surface area contributed by atoms with E-state index < -0.39 is 6.09 Å². The lowest BCUT2D eigenvalue weighted by atomic mass is 10.3. The number of halogens is 1. The largest absolute Gasteiger partial charge is 0.420 e. The number of nitrogens with zero attached hydrogens (tertiary/aromatic N) is 3. The number of carbonyl (C=O) groups is 1. The Labute approximate surface area is 140 Å². The molecule has 0 atom stereocenters. The van der Waals surface area contributed by atoms with E-state index in [1.54, 1.807) is 43.4 Å². The normalized spacial score (nSPS) is 10.7. The molecular weight excluding hydrogens is 342 g/mol. The fraction of sp³-hybridized carbons (Fsp3) is 0.0714. The Hall–Kier alpha value is -1.83. The highest BCUT2D eigenvalue weighted by Crippen LogP contribution is 2.25. The molecule has 1 aromatic carbocycles. The number of hydrogen-bond acceptors (Lipinski definition) is 6. The smallest absolute Gasteiger partial charge is 0.410 e. The quantitative estimate of drug-likeness (QED) is 0.700. The first-order valence-corrected chi connectivity index (χ1v) is 7.85. The van der Waals surface area contributed by atoms with Crippen LogP contribution in [0.1, 0.15) is 0 Å². The van der Waals surface area contributed by atoms with Crippen molar-refractivity contribution in [3.05, 3.63) is 41.4 Å². The van der Waals surface area contributed by atoms with Crippen molar-refractivity contribution in [3.8, 4) is 5.75 Å². The maximum absolute atomic E-state index is 12.1. The Kier molecular flexibility index (Phi) is 4.19.